The molecule has 0 bridgehead atoms. The maximum absolute atomic E-state index is 4.66. The molecule has 4 nitrogen and oxygen atoms in total. The van der Waals surface area contributed by atoms with Crippen LogP contribution in [0.1, 0.15) is 28.2 Å². The Balaban J connectivity index is -0.0000000825. The summed E-state index contributed by atoms with van der Waals surface area (Å²) in [6.07, 6.45) is 1.23. The molecule has 2 N–H and O–H groups in total. The monoisotopic (exact) mass is 238 g/mol. The lowest BCUT2D eigenvalue weighted by molar-refractivity contribution is 0.103. The molecule has 0 aromatic rings. The second-order valence-electron chi connectivity index (χ2n) is 2.80. The zero-order chi connectivity index (χ0) is 11.1. The molecule has 0 amide bonds. The van der Waals surface area contributed by atoms with Crippen molar-refractivity contribution in [3.63, 3.8) is 0 Å². The lowest BCUT2D eigenvalue weighted by Gasteiger charge is -1.98. The van der Waals surface area contributed by atoms with E-state index in [9.17, 15) is 0 Å². The third-order valence-electron chi connectivity index (χ3n) is 1.52. The summed E-state index contributed by atoms with van der Waals surface area (Å²) in [6, 6.07) is 0. The molecule has 0 spiro atoms. The summed E-state index contributed by atoms with van der Waals surface area (Å²) in [7, 11) is 5.28. The fourth-order valence-corrected chi connectivity index (χ4v) is 0.734. The van der Waals surface area contributed by atoms with E-state index in [2.05, 4.69) is 27.0 Å². The molecule has 0 aromatic carbocycles. The Hall–Kier alpha value is -0.160. The molecule has 0 heterocycles. The third-order valence-corrected chi connectivity index (χ3v) is 1.52. The number of methoxy groups -OCH3 is 2. The highest BCUT2D eigenvalue weighted by Crippen LogP contribution is 1.69. The van der Waals surface area contributed by atoms with Gasteiger partial charge in [0.2, 0.25) is 0 Å². The van der Waals surface area contributed by atoms with Crippen molar-refractivity contribution < 1.29 is 9.47 Å². The van der Waals surface area contributed by atoms with Gasteiger partial charge < -0.3 is 20.1 Å². The molecular formula is C12H34N2O2. The first-order valence-electron chi connectivity index (χ1n) is 5.16. The summed E-state index contributed by atoms with van der Waals surface area (Å²) >= 11 is 0. The molecule has 16 heavy (non-hydrogen) atoms. The van der Waals surface area contributed by atoms with Crippen LogP contribution in [0.4, 0.5) is 0 Å². The molecule has 0 aliphatic heterocycles. The minimum atomic E-state index is 0. The van der Waals surface area contributed by atoms with Gasteiger partial charge in [-0.3, -0.25) is 0 Å². The van der Waals surface area contributed by atoms with E-state index in [1.54, 1.807) is 14.2 Å². The van der Waals surface area contributed by atoms with Crippen molar-refractivity contribution in [2.45, 2.75) is 28.2 Å². The van der Waals surface area contributed by atoms with Crippen LogP contribution in [0.5, 0.6) is 0 Å². The van der Waals surface area contributed by atoms with Crippen LogP contribution in [-0.2, 0) is 9.47 Å². The molecule has 104 valence electrons. The van der Waals surface area contributed by atoms with Gasteiger partial charge in [0.25, 0.3) is 0 Å². The number of rotatable bonds is 8. The highest BCUT2D eigenvalue weighted by Gasteiger charge is 1.80. The average molecular weight is 238 g/mol. The SMILES string of the molecule is C.C.CCNCCCNC.COCCOC. The molecule has 0 aliphatic carbocycles. The number of ether oxygens (including phenoxy) is 2. The first kappa shape index (κ1) is 24.9. The van der Waals surface area contributed by atoms with Gasteiger partial charge in [-0.15, -0.1) is 0 Å². The Morgan fingerprint density at radius 3 is 1.75 bits per heavy atom. The fourth-order valence-electron chi connectivity index (χ4n) is 0.734. The summed E-state index contributed by atoms with van der Waals surface area (Å²) in [5.41, 5.74) is 0. The van der Waals surface area contributed by atoms with Gasteiger partial charge in [0.1, 0.15) is 0 Å². The van der Waals surface area contributed by atoms with Crippen molar-refractivity contribution >= 4 is 0 Å². The predicted octanol–water partition coefficient (Wildman–Crippen LogP) is 1.76. The molecule has 0 unspecified atom stereocenters. The lowest BCUT2D eigenvalue weighted by Crippen LogP contribution is -2.18. The zero-order valence-corrected chi connectivity index (χ0v) is 10.1. The van der Waals surface area contributed by atoms with Gasteiger partial charge in [0.15, 0.2) is 0 Å². The van der Waals surface area contributed by atoms with Crippen molar-refractivity contribution in [2.75, 3.05) is 54.1 Å². The van der Waals surface area contributed by atoms with E-state index < -0.39 is 0 Å². The number of hydrogen-bond acceptors (Lipinski definition) is 4. The minimum absolute atomic E-state index is 0. The van der Waals surface area contributed by atoms with Crippen molar-refractivity contribution in [3.8, 4) is 0 Å². The first-order valence-corrected chi connectivity index (χ1v) is 5.16. The van der Waals surface area contributed by atoms with Crippen LogP contribution in [0.15, 0.2) is 0 Å². The Labute approximate surface area is 103 Å². The fraction of sp³-hybridized carbons (Fsp3) is 1.00. The average Bonchev–Trinajstić information content (AvgIpc) is 2.22. The molecule has 0 rings (SSSR count). The van der Waals surface area contributed by atoms with Gasteiger partial charge in [-0.05, 0) is 33.1 Å². The smallest absolute Gasteiger partial charge is 0.0696 e. The largest absolute Gasteiger partial charge is 0.382 e. The van der Waals surface area contributed by atoms with Gasteiger partial charge in [-0.1, -0.05) is 21.8 Å². The van der Waals surface area contributed by atoms with Crippen molar-refractivity contribution in [1.29, 1.82) is 0 Å². The van der Waals surface area contributed by atoms with Crippen molar-refractivity contribution in [1.82, 2.24) is 10.6 Å². The summed E-state index contributed by atoms with van der Waals surface area (Å²) in [5.74, 6) is 0. The van der Waals surface area contributed by atoms with E-state index in [-0.39, 0.29) is 14.9 Å². The van der Waals surface area contributed by atoms with E-state index in [1.165, 1.54) is 6.42 Å². The molecular weight excluding hydrogens is 204 g/mol. The topological polar surface area (TPSA) is 42.5 Å². The second kappa shape index (κ2) is 29.4. The lowest BCUT2D eigenvalue weighted by atomic mass is 10.4. The summed E-state index contributed by atoms with van der Waals surface area (Å²) < 4.78 is 9.31. The highest BCUT2D eigenvalue weighted by atomic mass is 16.5. The highest BCUT2D eigenvalue weighted by molar-refractivity contribution is 4.44. The quantitative estimate of drug-likeness (QED) is 0.632. The third kappa shape index (κ3) is 37.1. The molecule has 4 heteroatoms. The first-order chi connectivity index (χ1) is 6.83. The summed E-state index contributed by atoms with van der Waals surface area (Å²) in [4.78, 5) is 0. The minimum Gasteiger partial charge on any atom is -0.382 e. The molecule has 0 aromatic heterocycles. The Morgan fingerprint density at radius 2 is 1.44 bits per heavy atom. The van der Waals surface area contributed by atoms with Crippen LogP contribution in [0.3, 0.4) is 0 Å². The number of hydrogen-bond donors (Lipinski definition) is 2. The Bertz CT molecular complexity index is 73.4. The molecule has 0 aliphatic rings. The van der Waals surface area contributed by atoms with E-state index in [0.717, 1.165) is 19.6 Å². The van der Waals surface area contributed by atoms with Gasteiger partial charge in [-0.2, -0.15) is 0 Å². The van der Waals surface area contributed by atoms with Crippen molar-refractivity contribution in [3.05, 3.63) is 0 Å². The van der Waals surface area contributed by atoms with Crippen LogP contribution in [0.25, 0.3) is 0 Å². The normalized spacial score (nSPS) is 8.25. The van der Waals surface area contributed by atoms with Crippen LogP contribution in [0, 0.1) is 0 Å². The second-order valence-corrected chi connectivity index (χ2v) is 2.80. The van der Waals surface area contributed by atoms with Crippen LogP contribution >= 0.6 is 0 Å². The van der Waals surface area contributed by atoms with Gasteiger partial charge >= 0.3 is 0 Å². The molecule has 0 saturated carbocycles. The van der Waals surface area contributed by atoms with Crippen LogP contribution < -0.4 is 10.6 Å². The summed E-state index contributed by atoms with van der Waals surface area (Å²) in [6.45, 7) is 6.85. The molecule has 0 fully saturated rings. The standard InChI is InChI=1S/C6H16N2.C4H10O2.2CH4/c1-3-8-6-4-5-7-2;1-5-3-4-6-2;;/h7-8H,3-6H2,1-2H3;3-4H2,1-2H3;2*1H4. The van der Waals surface area contributed by atoms with Crippen molar-refractivity contribution in [2.24, 2.45) is 0 Å². The van der Waals surface area contributed by atoms with Crippen LogP contribution in [-0.4, -0.2) is 54.1 Å². The predicted molar refractivity (Wildman–Crippen MR) is 74.3 cm³/mol. The Morgan fingerprint density at radius 1 is 0.938 bits per heavy atom. The van der Waals surface area contributed by atoms with E-state index in [4.69, 9.17) is 0 Å². The maximum atomic E-state index is 4.66. The molecule has 0 radical (unpaired) electrons. The Kier molecular flexibility index (Phi) is 45.7. The summed E-state index contributed by atoms with van der Waals surface area (Å²) in [5, 5.41) is 6.33. The van der Waals surface area contributed by atoms with E-state index in [0.29, 0.717) is 13.2 Å². The maximum Gasteiger partial charge on any atom is 0.0696 e. The molecule has 0 atom stereocenters. The van der Waals surface area contributed by atoms with Gasteiger partial charge in [0, 0.05) is 14.2 Å². The van der Waals surface area contributed by atoms with E-state index >= 15 is 0 Å². The van der Waals surface area contributed by atoms with Gasteiger partial charge in [-0.25, -0.2) is 0 Å². The van der Waals surface area contributed by atoms with Gasteiger partial charge in [0.05, 0.1) is 13.2 Å². The number of nitrogens with one attached hydrogen (secondary N) is 2. The zero-order valence-electron chi connectivity index (χ0n) is 10.1. The molecule has 0 saturated heterocycles. The van der Waals surface area contributed by atoms with E-state index in [1.807, 2.05) is 7.05 Å². The van der Waals surface area contributed by atoms with Crippen LogP contribution in [0.2, 0.25) is 0 Å².